The van der Waals surface area contributed by atoms with Gasteiger partial charge < -0.3 is 23.7 Å². The normalized spacial score (nSPS) is 10.7. The summed E-state index contributed by atoms with van der Waals surface area (Å²) >= 11 is 6.81. The predicted molar refractivity (Wildman–Crippen MR) is 221 cm³/mol. The van der Waals surface area contributed by atoms with E-state index in [1.807, 2.05) is 49.4 Å². The molecule has 1 heterocycles. The van der Waals surface area contributed by atoms with E-state index in [1.165, 1.54) is 30.0 Å². The van der Waals surface area contributed by atoms with Gasteiger partial charge in [0.05, 0.1) is 11.3 Å². The number of carbonyl (C=O) groups excluding carboxylic acids is 3. The van der Waals surface area contributed by atoms with Gasteiger partial charge in [0.25, 0.3) is 5.91 Å². The largest absolute Gasteiger partial charge is 0.488 e. The number of aryl methyl sites for hydroxylation is 1. The second-order valence-corrected chi connectivity index (χ2v) is 15.2. The van der Waals surface area contributed by atoms with Crippen molar-refractivity contribution in [1.82, 2.24) is 9.47 Å². The highest BCUT2D eigenvalue weighted by Gasteiger charge is 2.18. The summed E-state index contributed by atoms with van der Waals surface area (Å²) in [6.45, 7) is 3.24. The highest BCUT2D eigenvalue weighted by atomic mass is 79.9. The molecule has 1 amide bonds. The number of carbonyl (C=O) groups is 3. The maximum Gasteiger partial charge on any atom is 0.253 e. The van der Waals surface area contributed by atoms with Gasteiger partial charge in [0.1, 0.15) is 53.8 Å². The van der Waals surface area contributed by atoms with Gasteiger partial charge in [0.15, 0.2) is 5.78 Å². The van der Waals surface area contributed by atoms with Crippen molar-refractivity contribution >= 4 is 49.3 Å². The number of rotatable bonds is 13. The predicted octanol–water partition coefficient (Wildman–Crippen LogP) is 11.6. The maximum atomic E-state index is 14.1. The number of Topliss-reactive ketones (excluding diaryl/α,β-unsaturated/α-hetero) is 2. The Morgan fingerprint density at radius 1 is 0.655 bits per heavy atom. The first kappa shape index (κ1) is 43.6. The molecule has 6 aromatic rings. The van der Waals surface area contributed by atoms with Crippen molar-refractivity contribution in [1.29, 1.82) is 0 Å². The maximum absolute atomic E-state index is 14.1. The van der Waals surface area contributed by atoms with Crippen LogP contribution in [-0.4, -0.2) is 41.0 Å². The van der Waals surface area contributed by atoms with Crippen LogP contribution in [0, 0.1) is 30.2 Å². The molecule has 1 aromatic heterocycles. The lowest BCUT2D eigenvalue weighted by molar-refractivity contribution is -0.117. The highest BCUT2D eigenvalue weighted by Crippen LogP contribution is 2.36. The van der Waals surface area contributed by atoms with Crippen molar-refractivity contribution in [3.05, 3.63) is 169 Å². The summed E-state index contributed by atoms with van der Waals surface area (Å²) in [5, 5.41) is 0. The van der Waals surface area contributed by atoms with Crippen molar-refractivity contribution < 1.29 is 41.4 Å². The Balaban J connectivity index is 0.000000235. The molecule has 7 nitrogen and oxygen atoms in total. The topological polar surface area (TPSA) is 77.8 Å². The van der Waals surface area contributed by atoms with E-state index in [2.05, 4.69) is 36.4 Å². The summed E-state index contributed by atoms with van der Waals surface area (Å²) in [5.74, 6) is -2.18. The quantitative estimate of drug-likeness (QED) is 0.0852. The third-order valence-corrected chi connectivity index (χ3v) is 9.80. The molecule has 58 heavy (non-hydrogen) atoms. The molecule has 0 spiro atoms. The Labute approximate surface area is 350 Å². The minimum Gasteiger partial charge on any atom is -0.488 e. The van der Waals surface area contributed by atoms with Crippen LogP contribution in [-0.2, 0) is 18.0 Å². The molecule has 6 rings (SSSR count). The lowest BCUT2D eigenvalue weighted by Gasteiger charge is -2.17. The van der Waals surface area contributed by atoms with Gasteiger partial charge in [0.2, 0.25) is 0 Å². The standard InChI is InChI=1S/C27H23BrF2N2O2.C18H15BrF2O3/c1-17-4-12-25(32(17)22-10-6-18(7-11-22)27(33)31(2)3)23-14-20(28)8-13-26(23)34-16-19-5-9-21(29)15-24(19)30;1-11(22)2-6-17(23)15-8-13(19)4-7-18(15)24-10-12-3-5-14(20)9-16(12)21/h4-15H,16H2,1-3H3;3-5,7-9H,2,6,10H2,1H3. The molecule has 0 N–H and O–H groups in total. The smallest absolute Gasteiger partial charge is 0.253 e. The summed E-state index contributed by atoms with van der Waals surface area (Å²) in [4.78, 5) is 37.1. The zero-order valence-electron chi connectivity index (χ0n) is 31.9. The minimum absolute atomic E-state index is 0.0399. The van der Waals surface area contributed by atoms with Gasteiger partial charge in [0, 0.05) is 81.7 Å². The molecule has 0 fully saturated rings. The second-order valence-electron chi connectivity index (χ2n) is 13.4. The first-order chi connectivity index (χ1) is 27.6. The monoisotopic (exact) mass is 920 g/mol. The average Bonchev–Trinajstić information content (AvgIpc) is 3.57. The van der Waals surface area contributed by atoms with E-state index < -0.39 is 23.3 Å². The van der Waals surface area contributed by atoms with E-state index in [-0.39, 0.29) is 60.4 Å². The SMILES string of the molecule is CC(=O)CCC(=O)c1cc(Br)ccc1OCc1ccc(F)cc1F.Cc1ccc(-c2cc(Br)ccc2OCc2ccc(F)cc2F)n1-c1ccc(C(=O)N(C)C)cc1. The second kappa shape index (κ2) is 19.8. The molecule has 300 valence electrons. The average molecular weight is 923 g/mol. The molecule has 0 radical (unpaired) electrons. The molecule has 5 aromatic carbocycles. The van der Waals surface area contributed by atoms with Crippen LogP contribution in [0.1, 0.15) is 57.3 Å². The van der Waals surface area contributed by atoms with Gasteiger partial charge in [-0.3, -0.25) is 9.59 Å². The zero-order valence-corrected chi connectivity index (χ0v) is 35.1. The molecular weight excluding hydrogens is 884 g/mol. The van der Waals surface area contributed by atoms with Crippen LogP contribution < -0.4 is 9.47 Å². The first-order valence-electron chi connectivity index (χ1n) is 17.9. The van der Waals surface area contributed by atoms with Crippen LogP contribution in [0.25, 0.3) is 16.9 Å². The summed E-state index contributed by atoms with van der Waals surface area (Å²) < 4.78 is 69.1. The fourth-order valence-corrected chi connectivity index (χ4v) is 6.51. The molecular formula is C45H38Br2F4N2O5. The van der Waals surface area contributed by atoms with Crippen LogP contribution >= 0.6 is 31.9 Å². The number of benzene rings is 5. The lowest BCUT2D eigenvalue weighted by Crippen LogP contribution is -2.21. The lowest BCUT2D eigenvalue weighted by atomic mass is 10.0. The summed E-state index contributed by atoms with van der Waals surface area (Å²) in [5.41, 5.74) is 4.93. The van der Waals surface area contributed by atoms with Crippen LogP contribution in [0.5, 0.6) is 11.5 Å². The van der Waals surface area contributed by atoms with Crippen LogP contribution in [0.4, 0.5) is 17.6 Å². The molecule has 0 aliphatic carbocycles. The van der Waals surface area contributed by atoms with Crippen LogP contribution in [0.15, 0.2) is 118 Å². The third kappa shape index (κ3) is 11.3. The molecule has 0 aliphatic rings. The van der Waals surface area contributed by atoms with Crippen molar-refractivity contribution in [2.45, 2.75) is 39.9 Å². The number of amides is 1. The summed E-state index contributed by atoms with van der Waals surface area (Å²) in [7, 11) is 3.44. The van der Waals surface area contributed by atoms with Crippen LogP contribution in [0.2, 0.25) is 0 Å². The fourth-order valence-electron chi connectivity index (χ4n) is 5.79. The van der Waals surface area contributed by atoms with Gasteiger partial charge in [-0.15, -0.1) is 0 Å². The first-order valence-corrected chi connectivity index (χ1v) is 19.5. The van der Waals surface area contributed by atoms with E-state index in [0.29, 0.717) is 21.3 Å². The number of aromatic nitrogens is 1. The van der Waals surface area contributed by atoms with Gasteiger partial charge in [-0.05, 0) is 111 Å². The Bertz CT molecular complexity index is 2450. The Kier molecular flexibility index (Phi) is 14.8. The molecule has 13 heteroatoms. The molecule has 0 aliphatic heterocycles. The van der Waals surface area contributed by atoms with E-state index in [9.17, 15) is 31.9 Å². The molecule has 0 unspecified atom stereocenters. The molecule has 0 saturated heterocycles. The van der Waals surface area contributed by atoms with Crippen molar-refractivity contribution in [2.75, 3.05) is 14.1 Å². The fraction of sp³-hybridized carbons (Fsp3) is 0.178. The van der Waals surface area contributed by atoms with Gasteiger partial charge >= 0.3 is 0 Å². The number of ether oxygens (including phenoxy) is 2. The molecule has 0 bridgehead atoms. The summed E-state index contributed by atoms with van der Waals surface area (Å²) in [6.07, 6.45) is 0.227. The zero-order chi connectivity index (χ0) is 42.1. The van der Waals surface area contributed by atoms with E-state index >= 15 is 0 Å². The van der Waals surface area contributed by atoms with E-state index in [4.69, 9.17) is 9.47 Å². The van der Waals surface area contributed by atoms with Gasteiger partial charge in [-0.1, -0.05) is 31.9 Å². The number of halogens is 6. The molecule has 0 atom stereocenters. The van der Waals surface area contributed by atoms with Gasteiger partial charge in [-0.25, -0.2) is 17.6 Å². The third-order valence-electron chi connectivity index (χ3n) is 8.81. The van der Waals surface area contributed by atoms with E-state index in [0.717, 1.165) is 45.3 Å². The molecule has 0 saturated carbocycles. The number of ketones is 2. The number of nitrogens with zero attached hydrogens (tertiary/aromatic N) is 2. The van der Waals surface area contributed by atoms with Crippen LogP contribution in [0.3, 0.4) is 0 Å². The van der Waals surface area contributed by atoms with Crippen molar-refractivity contribution in [2.24, 2.45) is 0 Å². The van der Waals surface area contributed by atoms with Crippen molar-refractivity contribution in [3.8, 4) is 28.4 Å². The van der Waals surface area contributed by atoms with E-state index in [1.54, 1.807) is 44.4 Å². The summed E-state index contributed by atoms with van der Waals surface area (Å²) in [6, 6.07) is 28.5. The Morgan fingerprint density at radius 2 is 1.21 bits per heavy atom. The van der Waals surface area contributed by atoms with Crippen molar-refractivity contribution in [3.63, 3.8) is 0 Å². The minimum atomic E-state index is -0.712. The highest BCUT2D eigenvalue weighted by molar-refractivity contribution is 9.10. The van der Waals surface area contributed by atoms with Gasteiger partial charge in [-0.2, -0.15) is 0 Å². The Hall–Kier alpha value is -5.53. The number of hydrogen-bond donors (Lipinski definition) is 0. The number of hydrogen-bond acceptors (Lipinski definition) is 5. The Morgan fingerprint density at radius 3 is 1.76 bits per heavy atom.